The lowest BCUT2D eigenvalue weighted by Crippen LogP contribution is -2.48. The lowest BCUT2D eigenvalue weighted by molar-refractivity contribution is -0.0522. The van der Waals surface area contributed by atoms with Crippen molar-refractivity contribution in [3.8, 4) is 0 Å². The number of piperidine rings is 1. The first kappa shape index (κ1) is 15.3. The number of rotatable bonds is 1. The van der Waals surface area contributed by atoms with Crippen LogP contribution in [0.3, 0.4) is 0 Å². The van der Waals surface area contributed by atoms with E-state index in [4.69, 9.17) is 16.3 Å². The van der Waals surface area contributed by atoms with E-state index in [9.17, 15) is 9.59 Å². The monoisotopic (exact) mass is 322 g/mol. The lowest BCUT2D eigenvalue weighted by Gasteiger charge is -2.42. The van der Waals surface area contributed by atoms with Crippen molar-refractivity contribution >= 4 is 17.5 Å². The highest BCUT2D eigenvalue weighted by Gasteiger charge is 2.36. The van der Waals surface area contributed by atoms with Gasteiger partial charge in [-0.1, -0.05) is 23.3 Å². The quantitative estimate of drug-likeness (QED) is 0.807. The Morgan fingerprint density at radius 2 is 2.14 bits per heavy atom. The number of hydrogen-bond acceptors (Lipinski definition) is 3. The molecule has 0 aliphatic carbocycles. The molecular formula is C16H19ClN2O3. The summed E-state index contributed by atoms with van der Waals surface area (Å²) in [5.74, 6) is -0.107. The van der Waals surface area contributed by atoms with Gasteiger partial charge in [0.2, 0.25) is 0 Å². The fourth-order valence-electron chi connectivity index (χ4n) is 3.12. The summed E-state index contributed by atoms with van der Waals surface area (Å²) in [4.78, 5) is 28.0. The van der Waals surface area contributed by atoms with E-state index in [1.807, 2.05) is 0 Å². The van der Waals surface area contributed by atoms with E-state index in [0.29, 0.717) is 18.7 Å². The van der Waals surface area contributed by atoms with Gasteiger partial charge in [0.05, 0.1) is 17.8 Å². The molecule has 1 N–H and O–H groups in total. The molecule has 118 valence electrons. The van der Waals surface area contributed by atoms with Gasteiger partial charge in [0.1, 0.15) is 5.02 Å². The summed E-state index contributed by atoms with van der Waals surface area (Å²) in [5, 5.41) is 0.0356. The average molecular weight is 323 g/mol. The predicted octanol–water partition coefficient (Wildman–Crippen LogP) is 2.37. The zero-order valence-corrected chi connectivity index (χ0v) is 13.3. The van der Waals surface area contributed by atoms with E-state index < -0.39 is 0 Å². The third-order valence-corrected chi connectivity index (χ3v) is 4.68. The Bertz CT molecular complexity index is 672. The smallest absolute Gasteiger partial charge is 0.266 e. The van der Waals surface area contributed by atoms with Crippen LogP contribution in [0.2, 0.25) is 5.02 Å². The largest absolute Gasteiger partial charge is 0.370 e. The van der Waals surface area contributed by atoms with Crippen LogP contribution in [0.25, 0.3) is 0 Å². The van der Waals surface area contributed by atoms with Gasteiger partial charge in [-0.15, -0.1) is 0 Å². The van der Waals surface area contributed by atoms with Crippen LogP contribution in [0, 0.1) is 0 Å². The topological polar surface area (TPSA) is 62.4 Å². The van der Waals surface area contributed by atoms with E-state index in [1.165, 1.54) is 17.8 Å². The average Bonchev–Trinajstić information content (AvgIpc) is 2.50. The Kier molecular flexibility index (Phi) is 4.10. The van der Waals surface area contributed by atoms with Crippen LogP contribution in [0.1, 0.15) is 36.5 Å². The molecule has 1 fully saturated rings. The number of nitrogens with zero attached hydrogens (tertiary/aromatic N) is 1. The number of halogens is 1. The van der Waals surface area contributed by atoms with Crippen molar-refractivity contribution in [2.75, 3.05) is 19.7 Å². The number of hydrogen-bond donors (Lipinski definition) is 1. The molecule has 3 heterocycles. The Balaban J connectivity index is 1.71. The van der Waals surface area contributed by atoms with Gasteiger partial charge < -0.3 is 14.6 Å². The van der Waals surface area contributed by atoms with Crippen molar-refractivity contribution in [1.29, 1.82) is 0 Å². The highest BCUT2D eigenvalue weighted by atomic mass is 35.5. The number of carbonyl (C=O) groups is 1. The second-order valence-electron chi connectivity index (χ2n) is 6.01. The number of aromatic nitrogens is 1. The Morgan fingerprint density at radius 3 is 2.77 bits per heavy atom. The molecule has 0 atom stereocenters. The van der Waals surface area contributed by atoms with Gasteiger partial charge in [-0.25, -0.2) is 0 Å². The van der Waals surface area contributed by atoms with Crippen molar-refractivity contribution in [3.05, 3.63) is 44.9 Å². The Morgan fingerprint density at radius 1 is 1.41 bits per heavy atom. The minimum atomic E-state index is -0.382. The van der Waals surface area contributed by atoms with Gasteiger partial charge in [-0.2, -0.15) is 0 Å². The zero-order valence-electron chi connectivity index (χ0n) is 12.5. The molecular weight excluding hydrogens is 304 g/mol. The molecule has 1 aromatic rings. The lowest BCUT2D eigenvalue weighted by atomic mass is 9.87. The predicted molar refractivity (Wildman–Crippen MR) is 84.3 cm³/mol. The van der Waals surface area contributed by atoms with Crippen molar-refractivity contribution in [2.45, 2.75) is 31.8 Å². The number of amides is 1. The first-order valence-electron chi connectivity index (χ1n) is 7.49. The normalized spacial score (nSPS) is 20.8. The fraction of sp³-hybridized carbons (Fsp3) is 0.500. The molecule has 0 unspecified atom stereocenters. The van der Waals surface area contributed by atoms with Crippen LogP contribution in [-0.2, 0) is 4.74 Å². The number of nitrogens with one attached hydrogen (secondary N) is 1. The van der Waals surface area contributed by atoms with Crippen molar-refractivity contribution in [3.63, 3.8) is 0 Å². The fourth-order valence-corrected chi connectivity index (χ4v) is 3.29. The molecule has 22 heavy (non-hydrogen) atoms. The maximum absolute atomic E-state index is 12.5. The molecule has 3 rings (SSSR count). The number of likely N-dealkylation sites (tertiary alicyclic amines) is 1. The van der Waals surface area contributed by atoms with Crippen LogP contribution in [0.5, 0.6) is 0 Å². The van der Waals surface area contributed by atoms with Gasteiger partial charge >= 0.3 is 0 Å². The highest BCUT2D eigenvalue weighted by molar-refractivity contribution is 6.30. The second-order valence-corrected chi connectivity index (χ2v) is 6.42. The number of ether oxygens (including phenoxy) is 1. The molecule has 5 nitrogen and oxygen atoms in total. The van der Waals surface area contributed by atoms with Gasteiger partial charge in [0.25, 0.3) is 11.5 Å². The van der Waals surface area contributed by atoms with E-state index in [2.05, 4.69) is 18.0 Å². The van der Waals surface area contributed by atoms with Crippen LogP contribution in [0.15, 0.2) is 28.7 Å². The molecule has 0 aromatic carbocycles. The molecule has 6 heteroatoms. The summed E-state index contributed by atoms with van der Waals surface area (Å²) in [6.45, 7) is 4.16. The van der Waals surface area contributed by atoms with E-state index in [-0.39, 0.29) is 22.1 Å². The third-order valence-electron chi connectivity index (χ3n) is 4.40. The second kappa shape index (κ2) is 5.89. The van der Waals surface area contributed by atoms with Gasteiger partial charge in [0.15, 0.2) is 0 Å². The summed E-state index contributed by atoms with van der Waals surface area (Å²) >= 11 is 5.79. The number of carbonyl (C=O) groups excluding carboxylic acids is 1. The van der Waals surface area contributed by atoms with Crippen LogP contribution >= 0.6 is 11.6 Å². The van der Waals surface area contributed by atoms with E-state index in [1.54, 1.807) is 4.90 Å². The summed E-state index contributed by atoms with van der Waals surface area (Å²) in [7, 11) is 0. The maximum Gasteiger partial charge on any atom is 0.266 e. The minimum Gasteiger partial charge on any atom is -0.370 e. The summed E-state index contributed by atoms with van der Waals surface area (Å²) < 4.78 is 5.96. The Hall–Kier alpha value is -1.59. The van der Waals surface area contributed by atoms with Crippen molar-refractivity contribution in [1.82, 2.24) is 9.88 Å². The molecule has 0 bridgehead atoms. The van der Waals surface area contributed by atoms with E-state index in [0.717, 1.165) is 25.9 Å². The van der Waals surface area contributed by atoms with Gasteiger partial charge in [-0.3, -0.25) is 9.59 Å². The number of aromatic amines is 1. The Labute approximate surface area is 133 Å². The van der Waals surface area contributed by atoms with Gasteiger partial charge in [-0.05, 0) is 32.3 Å². The SMILES string of the molecule is CC1=CC2(CCN(C(=O)c3c[nH]c(=O)c(Cl)c3)CC2)OCC1. The first-order valence-corrected chi connectivity index (χ1v) is 7.87. The molecule has 1 saturated heterocycles. The standard InChI is InChI=1S/C16H19ClN2O3/c1-11-2-7-22-16(9-11)3-5-19(6-4-16)15(21)12-8-13(17)14(20)18-10-12/h8-10H,2-7H2,1H3,(H,18,20). The minimum absolute atomic E-state index is 0.0356. The molecule has 0 saturated carbocycles. The molecule has 2 aliphatic rings. The van der Waals surface area contributed by atoms with Crippen LogP contribution in [-0.4, -0.2) is 41.1 Å². The highest BCUT2D eigenvalue weighted by Crippen LogP contribution is 2.33. The third kappa shape index (κ3) is 2.96. The summed E-state index contributed by atoms with van der Waals surface area (Å²) in [6, 6.07) is 1.42. The molecule has 2 aliphatic heterocycles. The first-order chi connectivity index (χ1) is 10.5. The molecule has 0 radical (unpaired) electrons. The molecule has 1 spiro atoms. The number of H-pyrrole nitrogens is 1. The summed E-state index contributed by atoms with van der Waals surface area (Å²) in [6.07, 6.45) is 6.22. The van der Waals surface area contributed by atoms with Crippen molar-refractivity contribution in [2.24, 2.45) is 0 Å². The van der Waals surface area contributed by atoms with Gasteiger partial charge in [0, 0.05) is 19.3 Å². The summed E-state index contributed by atoms with van der Waals surface area (Å²) in [5.41, 5.74) is 1.18. The van der Waals surface area contributed by atoms with E-state index >= 15 is 0 Å². The van der Waals surface area contributed by atoms with Crippen LogP contribution in [0.4, 0.5) is 0 Å². The number of pyridine rings is 1. The molecule has 1 amide bonds. The van der Waals surface area contributed by atoms with Crippen molar-refractivity contribution < 1.29 is 9.53 Å². The molecule has 1 aromatic heterocycles. The van der Waals surface area contributed by atoms with Crippen LogP contribution < -0.4 is 5.56 Å². The maximum atomic E-state index is 12.5. The zero-order chi connectivity index (χ0) is 15.7.